The van der Waals surface area contributed by atoms with Crippen LogP contribution in [0.1, 0.15) is 29.5 Å². The third-order valence-corrected chi connectivity index (χ3v) is 6.73. The van der Waals surface area contributed by atoms with E-state index in [2.05, 4.69) is 20.7 Å². The van der Waals surface area contributed by atoms with Gasteiger partial charge in [-0.25, -0.2) is 18.1 Å². The van der Waals surface area contributed by atoms with E-state index < -0.39 is 10.0 Å². The molecular formula is C21H26N4O3S. The number of pyridine rings is 1. The Balaban J connectivity index is 1.61. The molecule has 3 rings (SSSR count). The number of ether oxygens (including phenoxy) is 1. The molecule has 8 heteroatoms. The van der Waals surface area contributed by atoms with E-state index >= 15 is 0 Å². The molecule has 7 nitrogen and oxygen atoms in total. The molecule has 0 radical (unpaired) electrons. The summed E-state index contributed by atoms with van der Waals surface area (Å²) in [6.07, 6.45) is 3.37. The predicted molar refractivity (Wildman–Crippen MR) is 112 cm³/mol. The van der Waals surface area contributed by atoms with Gasteiger partial charge in [0.25, 0.3) is 0 Å². The van der Waals surface area contributed by atoms with E-state index in [1.165, 1.54) is 0 Å². The number of aryl methyl sites for hydroxylation is 2. The molecule has 29 heavy (non-hydrogen) atoms. The van der Waals surface area contributed by atoms with Gasteiger partial charge in [-0.15, -0.1) is 0 Å². The molecule has 2 heterocycles. The van der Waals surface area contributed by atoms with E-state index in [9.17, 15) is 13.7 Å². The van der Waals surface area contributed by atoms with Crippen molar-refractivity contribution in [2.45, 2.75) is 31.6 Å². The maximum atomic E-state index is 12.7. The molecule has 1 N–H and O–H groups in total. The number of nitrogens with one attached hydrogen (secondary N) is 1. The Bertz CT molecular complexity index is 999. The second-order valence-corrected chi connectivity index (χ2v) is 9.13. The predicted octanol–water partition coefficient (Wildman–Crippen LogP) is 2.77. The summed E-state index contributed by atoms with van der Waals surface area (Å²) in [6, 6.07) is 8.98. The minimum absolute atomic E-state index is 0.246. The van der Waals surface area contributed by atoms with Crippen LogP contribution in [0, 0.1) is 31.1 Å². The molecule has 0 amide bonds. The topological polar surface area (TPSA) is 95.3 Å². The second kappa shape index (κ2) is 8.80. The van der Waals surface area contributed by atoms with Crippen molar-refractivity contribution < 1.29 is 13.2 Å². The van der Waals surface area contributed by atoms with Gasteiger partial charge >= 0.3 is 0 Å². The van der Waals surface area contributed by atoms with Crippen LogP contribution >= 0.6 is 0 Å². The molecule has 1 aliphatic heterocycles. The number of rotatable bonds is 6. The highest BCUT2D eigenvalue weighted by atomic mass is 32.2. The number of nitriles is 1. The van der Waals surface area contributed by atoms with Gasteiger partial charge in [0.1, 0.15) is 17.6 Å². The standard InChI is InChI=1S/C21H26N4O3S/c1-15-11-19(12-16(2)20(15)28-3)29(26,27)24-14-17-6-9-25(10-7-17)21-18(13-22)5-4-8-23-21/h4-5,8,11-12,17,24H,6-7,9-10,14H2,1-3H3. The van der Waals surface area contributed by atoms with E-state index in [0.717, 1.165) is 37.1 Å². The summed E-state index contributed by atoms with van der Waals surface area (Å²) in [5.74, 6) is 1.66. The summed E-state index contributed by atoms with van der Waals surface area (Å²) in [4.78, 5) is 6.69. The Morgan fingerprint density at radius 2 is 1.93 bits per heavy atom. The molecule has 0 atom stereocenters. The number of hydrogen-bond donors (Lipinski definition) is 1. The van der Waals surface area contributed by atoms with Crippen LogP contribution in [0.2, 0.25) is 0 Å². The third kappa shape index (κ3) is 4.69. The Morgan fingerprint density at radius 3 is 2.52 bits per heavy atom. The first-order valence-corrected chi connectivity index (χ1v) is 11.1. The molecule has 0 saturated carbocycles. The quantitative estimate of drug-likeness (QED) is 0.781. The fraction of sp³-hybridized carbons (Fsp3) is 0.429. The van der Waals surface area contributed by atoms with E-state index in [0.29, 0.717) is 23.7 Å². The number of sulfonamides is 1. The van der Waals surface area contributed by atoms with Crippen molar-refractivity contribution in [1.82, 2.24) is 9.71 Å². The highest BCUT2D eigenvalue weighted by molar-refractivity contribution is 7.89. The van der Waals surface area contributed by atoms with Crippen LogP contribution in [0.25, 0.3) is 0 Å². The molecule has 1 aromatic heterocycles. The molecule has 154 valence electrons. The largest absolute Gasteiger partial charge is 0.496 e. The van der Waals surface area contributed by atoms with Crippen molar-refractivity contribution in [2.24, 2.45) is 5.92 Å². The van der Waals surface area contributed by atoms with E-state index in [4.69, 9.17) is 4.74 Å². The van der Waals surface area contributed by atoms with Crippen LogP contribution in [0.5, 0.6) is 5.75 Å². The van der Waals surface area contributed by atoms with Gasteiger partial charge in [-0.2, -0.15) is 5.26 Å². The zero-order chi connectivity index (χ0) is 21.0. The van der Waals surface area contributed by atoms with Crippen molar-refractivity contribution in [3.8, 4) is 11.8 Å². The molecule has 1 aromatic carbocycles. The van der Waals surface area contributed by atoms with E-state index in [1.54, 1.807) is 37.6 Å². The lowest BCUT2D eigenvalue weighted by Gasteiger charge is -2.33. The summed E-state index contributed by atoms with van der Waals surface area (Å²) < 4.78 is 33.6. The van der Waals surface area contributed by atoms with E-state index in [-0.39, 0.29) is 10.8 Å². The average Bonchev–Trinajstić information content (AvgIpc) is 2.72. The highest BCUT2D eigenvalue weighted by Crippen LogP contribution is 2.27. The van der Waals surface area contributed by atoms with Crippen molar-refractivity contribution >= 4 is 15.8 Å². The van der Waals surface area contributed by atoms with Crippen LogP contribution in [0.15, 0.2) is 35.4 Å². The van der Waals surface area contributed by atoms with Crippen LogP contribution in [-0.4, -0.2) is 40.1 Å². The second-order valence-electron chi connectivity index (χ2n) is 7.36. The van der Waals surface area contributed by atoms with Gasteiger partial charge in [0.15, 0.2) is 0 Å². The SMILES string of the molecule is COc1c(C)cc(S(=O)(=O)NCC2CCN(c3ncccc3C#N)CC2)cc1C. The van der Waals surface area contributed by atoms with Gasteiger partial charge < -0.3 is 9.64 Å². The first-order valence-electron chi connectivity index (χ1n) is 9.60. The summed E-state index contributed by atoms with van der Waals surface area (Å²) in [5.41, 5.74) is 2.16. The number of nitrogens with zero attached hydrogens (tertiary/aromatic N) is 3. The monoisotopic (exact) mass is 414 g/mol. The lowest BCUT2D eigenvalue weighted by Crippen LogP contribution is -2.39. The zero-order valence-corrected chi connectivity index (χ0v) is 17.8. The fourth-order valence-corrected chi connectivity index (χ4v) is 5.07. The molecule has 0 unspecified atom stereocenters. The summed E-state index contributed by atoms with van der Waals surface area (Å²) >= 11 is 0. The fourth-order valence-electron chi connectivity index (χ4n) is 3.78. The first-order chi connectivity index (χ1) is 13.9. The lowest BCUT2D eigenvalue weighted by atomic mass is 9.97. The lowest BCUT2D eigenvalue weighted by molar-refractivity contribution is 0.400. The molecule has 1 saturated heterocycles. The molecule has 2 aromatic rings. The minimum Gasteiger partial charge on any atom is -0.496 e. The van der Waals surface area contributed by atoms with Gasteiger partial charge in [0.05, 0.1) is 17.6 Å². The maximum Gasteiger partial charge on any atom is 0.240 e. The zero-order valence-electron chi connectivity index (χ0n) is 17.0. The number of methoxy groups -OCH3 is 1. The smallest absolute Gasteiger partial charge is 0.240 e. The maximum absolute atomic E-state index is 12.7. The summed E-state index contributed by atoms with van der Waals surface area (Å²) in [5, 5.41) is 9.25. The van der Waals surface area contributed by atoms with Crippen molar-refractivity contribution in [2.75, 3.05) is 31.6 Å². The molecule has 0 bridgehead atoms. The molecule has 0 spiro atoms. The number of anilines is 1. The Kier molecular flexibility index (Phi) is 6.40. The summed E-state index contributed by atoms with van der Waals surface area (Å²) in [7, 11) is -2.00. The van der Waals surface area contributed by atoms with Crippen molar-refractivity contribution in [3.63, 3.8) is 0 Å². The number of piperidine rings is 1. The van der Waals surface area contributed by atoms with Crippen LogP contribution in [-0.2, 0) is 10.0 Å². The van der Waals surface area contributed by atoms with Crippen LogP contribution in [0.4, 0.5) is 5.82 Å². The molecule has 0 aliphatic carbocycles. The van der Waals surface area contributed by atoms with Crippen molar-refractivity contribution in [1.29, 1.82) is 5.26 Å². The molecular weight excluding hydrogens is 388 g/mol. The van der Waals surface area contributed by atoms with Gasteiger partial charge in [0.2, 0.25) is 10.0 Å². The Morgan fingerprint density at radius 1 is 1.28 bits per heavy atom. The van der Waals surface area contributed by atoms with Gasteiger partial charge in [-0.3, -0.25) is 0 Å². The van der Waals surface area contributed by atoms with Gasteiger partial charge in [-0.05, 0) is 68.0 Å². The van der Waals surface area contributed by atoms with Crippen LogP contribution < -0.4 is 14.4 Å². The van der Waals surface area contributed by atoms with E-state index in [1.807, 2.05) is 13.8 Å². The Hall–Kier alpha value is -2.63. The number of benzene rings is 1. The first kappa shape index (κ1) is 21.1. The van der Waals surface area contributed by atoms with Gasteiger partial charge in [-0.1, -0.05) is 0 Å². The average molecular weight is 415 g/mol. The number of hydrogen-bond acceptors (Lipinski definition) is 6. The third-order valence-electron chi connectivity index (χ3n) is 5.33. The minimum atomic E-state index is -3.58. The number of aromatic nitrogens is 1. The normalized spacial score (nSPS) is 15.2. The molecule has 1 aliphatic rings. The van der Waals surface area contributed by atoms with Crippen molar-refractivity contribution in [3.05, 3.63) is 47.2 Å². The Labute approximate surface area is 172 Å². The van der Waals surface area contributed by atoms with Gasteiger partial charge in [0, 0.05) is 25.8 Å². The van der Waals surface area contributed by atoms with Crippen LogP contribution in [0.3, 0.4) is 0 Å². The summed E-state index contributed by atoms with van der Waals surface area (Å²) in [6.45, 7) is 5.58. The highest BCUT2D eigenvalue weighted by Gasteiger charge is 2.24. The molecule has 1 fully saturated rings.